The van der Waals surface area contributed by atoms with E-state index < -0.39 is 0 Å². The molecule has 1 aromatic heterocycles. The van der Waals surface area contributed by atoms with E-state index in [1.807, 2.05) is 18.2 Å². The van der Waals surface area contributed by atoms with Crippen LogP contribution in [-0.2, 0) is 4.79 Å². The van der Waals surface area contributed by atoms with Crippen molar-refractivity contribution in [1.82, 2.24) is 14.9 Å². The van der Waals surface area contributed by atoms with Gasteiger partial charge in [-0.1, -0.05) is 25.0 Å². The Bertz CT molecular complexity index is 717. The minimum Gasteiger partial charge on any atom is -0.316 e. The maximum Gasteiger partial charge on any atom is 0.226 e. The van der Waals surface area contributed by atoms with E-state index in [1.54, 1.807) is 0 Å². The quantitative estimate of drug-likeness (QED) is 0.848. The van der Waals surface area contributed by atoms with Crippen LogP contribution in [-0.4, -0.2) is 28.5 Å². The van der Waals surface area contributed by atoms with Gasteiger partial charge in [0, 0.05) is 12.5 Å². The maximum atomic E-state index is 12.4. The summed E-state index contributed by atoms with van der Waals surface area (Å²) in [5.74, 6) is 1.47. The summed E-state index contributed by atoms with van der Waals surface area (Å²) in [4.78, 5) is 17.1. The molecule has 1 aliphatic carbocycles. The molecule has 2 fully saturated rings. The van der Waals surface area contributed by atoms with Crippen LogP contribution in [0, 0.1) is 5.92 Å². The molecule has 1 saturated carbocycles. The van der Waals surface area contributed by atoms with Gasteiger partial charge < -0.3 is 9.88 Å². The van der Waals surface area contributed by atoms with Gasteiger partial charge in [-0.2, -0.15) is 0 Å². The van der Waals surface area contributed by atoms with Crippen LogP contribution in [0.25, 0.3) is 11.0 Å². The van der Waals surface area contributed by atoms with Gasteiger partial charge >= 0.3 is 0 Å². The molecular weight excluding hydrogens is 336 g/mol. The van der Waals surface area contributed by atoms with Crippen molar-refractivity contribution in [3.8, 4) is 0 Å². The number of imidazole rings is 1. The monoisotopic (exact) mass is 362 g/mol. The Kier molecular flexibility index (Phi) is 5.97. The highest BCUT2D eigenvalue weighted by molar-refractivity contribution is 5.91. The molecule has 6 heteroatoms. The van der Waals surface area contributed by atoms with Gasteiger partial charge in [-0.15, -0.1) is 12.4 Å². The highest BCUT2D eigenvalue weighted by Gasteiger charge is 2.23. The topological polar surface area (TPSA) is 59.0 Å². The Balaban J connectivity index is 0.00000182. The molecule has 0 radical (unpaired) electrons. The average molecular weight is 363 g/mol. The third kappa shape index (κ3) is 3.98. The molecule has 136 valence electrons. The number of hydrogen-bond donors (Lipinski definition) is 2. The number of carbonyl (C=O) groups is 1. The van der Waals surface area contributed by atoms with Gasteiger partial charge in [-0.25, -0.2) is 4.98 Å². The first-order chi connectivity index (χ1) is 11.8. The van der Waals surface area contributed by atoms with E-state index in [9.17, 15) is 4.79 Å². The first-order valence-corrected chi connectivity index (χ1v) is 9.29. The van der Waals surface area contributed by atoms with Crippen LogP contribution < -0.4 is 10.6 Å². The molecule has 2 heterocycles. The number of halogens is 1. The van der Waals surface area contributed by atoms with Gasteiger partial charge in [-0.3, -0.25) is 10.1 Å². The lowest BCUT2D eigenvalue weighted by atomic mass is 10.0. The number of aromatic nitrogens is 2. The Morgan fingerprint density at radius 2 is 2.04 bits per heavy atom. The lowest BCUT2D eigenvalue weighted by Gasteiger charge is -2.16. The van der Waals surface area contributed by atoms with Crippen LogP contribution in [0.15, 0.2) is 24.3 Å². The first kappa shape index (κ1) is 18.2. The van der Waals surface area contributed by atoms with Crippen molar-refractivity contribution in [3.63, 3.8) is 0 Å². The zero-order chi connectivity index (χ0) is 16.4. The van der Waals surface area contributed by atoms with Crippen LogP contribution in [0.1, 0.15) is 51.0 Å². The van der Waals surface area contributed by atoms with E-state index in [0.717, 1.165) is 36.5 Å². The molecule has 2 aromatic rings. The SMILES string of the molecule is Cl.O=C(CCC1CCNC1)Nc1nc2ccccc2n1C1CCCC1. The number of benzene rings is 1. The van der Waals surface area contributed by atoms with E-state index in [0.29, 0.717) is 18.4 Å². The van der Waals surface area contributed by atoms with Gasteiger partial charge in [0.15, 0.2) is 0 Å². The zero-order valence-electron chi connectivity index (χ0n) is 14.5. The van der Waals surface area contributed by atoms with Crippen molar-refractivity contribution in [2.45, 2.75) is 51.0 Å². The molecule has 1 aliphatic heterocycles. The molecule has 1 atom stereocenters. The summed E-state index contributed by atoms with van der Waals surface area (Å²) in [7, 11) is 0. The second-order valence-electron chi connectivity index (χ2n) is 7.18. The molecule has 25 heavy (non-hydrogen) atoms. The van der Waals surface area contributed by atoms with Crippen LogP contribution in [0.5, 0.6) is 0 Å². The molecule has 0 bridgehead atoms. The van der Waals surface area contributed by atoms with Crippen molar-refractivity contribution >= 4 is 35.3 Å². The minimum atomic E-state index is 0. The van der Waals surface area contributed by atoms with Crippen LogP contribution in [0.2, 0.25) is 0 Å². The summed E-state index contributed by atoms with van der Waals surface area (Å²) in [5, 5.41) is 6.45. The zero-order valence-corrected chi connectivity index (χ0v) is 15.4. The molecule has 0 spiro atoms. The summed E-state index contributed by atoms with van der Waals surface area (Å²) in [6, 6.07) is 8.66. The molecule has 1 unspecified atom stereocenters. The lowest BCUT2D eigenvalue weighted by Crippen LogP contribution is -2.18. The van der Waals surface area contributed by atoms with E-state index in [2.05, 4.69) is 21.3 Å². The highest BCUT2D eigenvalue weighted by Crippen LogP contribution is 2.35. The summed E-state index contributed by atoms with van der Waals surface area (Å²) in [6.07, 6.45) is 7.61. The summed E-state index contributed by atoms with van der Waals surface area (Å²) >= 11 is 0. The van der Waals surface area contributed by atoms with Crippen molar-refractivity contribution in [2.75, 3.05) is 18.4 Å². The molecule has 2 aliphatic rings. The van der Waals surface area contributed by atoms with E-state index in [-0.39, 0.29) is 18.3 Å². The van der Waals surface area contributed by atoms with Crippen LogP contribution >= 0.6 is 12.4 Å². The fraction of sp³-hybridized carbons (Fsp3) is 0.579. The van der Waals surface area contributed by atoms with Crippen molar-refractivity contribution in [1.29, 1.82) is 0 Å². The van der Waals surface area contributed by atoms with Crippen LogP contribution in [0.4, 0.5) is 5.95 Å². The van der Waals surface area contributed by atoms with E-state index >= 15 is 0 Å². The van der Waals surface area contributed by atoms with Crippen molar-refractivity contribution in [3.05, 3.63) is 24.3 Å². The Morgan fingerprint density at radius 1 is 1.24 bits per heavy atom. The number of para-hydroxylation sites is 2. The van der Waals surface area contributed by atoms with Crippen LogP contribution in [0.3, 0.4) is 0 Å². The number of nitrogens with zero attached hydrogens (tertiary/aromatic N) is 2. The standard InChI is InChI=1S/C19H26N4O.ClH/c24-18(10-9-14-11-12-20-13-14)22-19-21-16-7-3-4-8-17(16)23(19)15-5-1-2-6-15;/h3-4,7-8,14-15,20H,1-2,5-6,9-13H2,(H,21,22,24);1H. The predicted octanol–water partition coefficient (Wildman–Crippen LogP) is 3.90. The summed E-state index contributed by atoms with van der Waals surface area (Å²) in [5.41, 5.74) is 2.11. The molecule has 1 aromatic carbocycles. The number of anilines is 1. The van der Waals surface area contributed by atoms with Crippen molar-refractivity contribution < 1.29 is 4.79 Å². The number of hydrogen-bond acceptors (Lipinski definition) is 3. The van der Waals surface area contributed by atoms with Crippen molar-refractivity contribution in [2.24, 2.45) is 5.92 Å². The Hall–Kier alpha value is -1.59. The smallest absolute Gasteiger partial charge is 0.226 e. The first-order valence-electron chi connectivity index (χ1n) is 9.29. The van der Waals surface area contributed by atoms with Gasteiger partial charge in [0.2, 0.25) is 11.9 Å². The second kappa shape index (κ2) is 8.19. The maximum absolute atomic E-state index is 12.4. The average Bonchev–Trinajstić information content (AvgIpc) is 3.32. The fourth-order valence-corrected chi connectivity index (χ4v) is 4.15. The van der Waals surface area contributed by atoms with E-state index in [4.69, 9.17) is 4.98 Å². The highest BCUT2D eigenvalue weighted by atomic mass is 35.5. The van der Waals surface area contributed by atoms with E-state index in [1.165, 1.54) is 32.1 Å². The third-order valence-corrected chi connectivity index (χ3v) is 5.48. The number of carbonyl (C=O) groups excluding carboxylic acids is 1. The molecule has 1 amide bonds. The minimum absolute atomic E-state index is 0. The molecule has 2 N–H and O–H groups in total. The van der Waals surface area contributed by atoms with Gasteiger partial charge in [0.25, 0.3) is 0 Å². The molecule has 5 nitrogen and oxygen atoms in total. The Morgan fingerprint density at radius 3 is 2.80 bits per heavy atom. The fourth-order valence-electron chi connectivity index (χ4n) is 4.15. The molecule has 1 saturated heterocycles. The number of nitrogens with one attached hydrogen (secondary N) is 2. The third-order valence-electron chi connectivity index (χ3n) is 5.48. The Labute approximate surface area is 155 Å². The summed E-state index contributed by atoms with van der Waals surface area (Å²) < 4.78 is 2.26. The van der Waals surface area contributed by atoms with Gasteiger partial charge in [-0.05, 0) is 56.8 Å². The largest absolute Gasteiger partial charge is 0.316 e. The molecule has 4 rings (SSSR count). The van der Waals surface area contributed by atoms with Gasteiger partial charge in [0.1, 0.15) is 0 Å². The molecular formula is C19H27ClN4O. The number of rotatable bonds is 5. The van der Waals surface area contributed by atoms with Gasteiger partial charge in [0.05, 0.1) is 11.0 Å². The number of amides is 1. The lowest BCUT2D eigenvalue weighted by molar-refractivity contribution is -0.116. The normalized spacial score (nSPS) is 20.7. The predicted molar refractivity (Wildman–Crippen MR) is 103 cm³/mol. The summed E-state index contributed by atoms with van der Waals surface area (Å²) in [6.45, 7) is 2.14. The second-order valence-corrected chi connectivity index (χ2v) is 7.18. The number of fused-ring (bicyclic) bond motifs is 1.